The number of benzene rings is 1. The van der Waals surface area contributed by atoms with Crippen LogP contribution in [0.1, 0.15) is 29.0 Å². The number of halogens is 1. The first-order valence-electron chi connectivity index (χ1n) is 5.83. The van der Waals surface area contributed by atoms with Crippen molar-refractivity contribution in [1.82, 2.24) is 15.1 Å². The first-order chi connectivity index (χ1) is 8.97. The Morgan fingerprint density at radius 2 is 2.05 bits per heavy atom. The summed E-state index contributed by atoms with van der Waals surface area (Å²) in [6.45, 7) is 1.89. The van der Waals surface area contributed by atoms with Gasteiger partial charge < -0.3 is 11.1 Å². The third-order valence-corrected chi connectivity index (χ3v) is 3.04. The molecule has 5 nitrogen and oxygen atoms in total. The standard InChI is InChI=1S/C13H15ClN4O/c1-8(9-3-5-10(14)6-4-9)16-13(19)12-11(15)7-18(2)17-12/h3-8H,15H2,1-2H3,(H,16,19). The van der Waals surface area contributed by atoms with Crippen LogP contribution in [0.2, 0.25) is 5.02 Å². The van der Waals surface area contributed by atoms with E-state index in [1.165, 1.54) is 4.68 Å². The number of nitrogens with one attached hydrogen (secondary N) is 1. The largest absolute Gasteiger partial charge is 0.396 e. The molecule has 1 atom stereocenters. The Hall–Kier alpha value is -2.01. The molecule has 19 heavy (non-hydrogen) atoms. The molecule has 0 aliphatic heterocycles. The maximum absolute atomic E-state index is 12.0. The molecular formula is C13H15ClN4O. The summed E-state index contributed by atoms with van der Waals surface area (Å²) < 4.78 is 1.51. The van der Waals surface area contributed by atoms with Gasteiger partial charge in [0.25, 0.3) is 5.91 Å². The van der Waals surface area contributed by atoms with Gasteiger partial charge in [-0.15, -0.1) is 0 Å². The van der Waals surface area contributed by atoms with E-state index in [9.17, 15) is 4.79 Å². The van der Waals surface area contributed by atoms with Gasteiger partial charge in [0, 0.05) is 18.3 Å². The number of nitrogen functional groups attached to an aromatic ring is 1. The quantitative estimate of drug-likeness (QED) is 0.903. The highest BCUT2D eigenvalue weighted by molar-refractivity contribution is 6.30. The predicted molar refractivity (Wildman–Crippen MR) is 75.0 cm³/mol. The normalized spacial score (nSPS) is 12.2. The summed E-state index contributed by atoms with van der Waals surface area (Å²) in [6.07, 6.45) is 1.60. The highest BCUT2D eigenvalue weighted by atomic mass is 35.5. The maximum Gasteiger partial charge on any atom is 0.274 e. The number of nitrogens with zero attached hydrogens (tertiary/aromatic N) is 2. The van der Waals surface area contributed by atoms with Gasteiger partial charge in [0.2, 0.25) is 0 Å². The minimum Gasteiger partial charge on any atom is -0.396 e. The number of carbonyl (C=O) groups is 1. The fourth-order valence-electron chi connectivity index (χ4n) is 1.78. The van der Waals surface area contributed by atoms with Crippen LogP contribution < -0.4 is 11.1 Å². The number of carbonyl (C=O) groups excluding carboxylic acids is 1. The molecule has 0 spiro atoms. The van der Waals surface area contributed by atoms with Gasteiger partial charge in [-0.25, -0.2) is 0 Å². The van der Waals surface area contributed by atoms with Crippen molar-refractivity contribution in [2.75, 3.05) is 5.73 Å². The molecule has 0 saturated carbocycles. The van der Waals surface area contributed by atoms with Crippen molar-refractivity contribution in [3.05, 3.63) is 46.7 Å². The van der Waals surface area contributed by atoms with Crippen LogP contribution in [0.15, 0.2) is 30.5 Å². The Labute approximate surface area is 116 Å². The lowest BCUT2D eigenvalue weighted by atomic mass is 10.1. The van der Waals surface area contributed by atoms with Crippen LogP contribution in [0, 0.1) is 0 Å². The lowest BCUT2D eigenvalue weighted by Gasteiger charge is -2.13. The summed E-state index contributed by atoms with van der Waals surface area (Å²) in [5.74, 6) is -0.291. The number of nitrogens with two attached hydrogens (primary N) is 1. The second-order valence-electron chi connectivity index (χ2n) is 4.35. The lowest BCUT2D eigenvalue weighted by Crippen LogP contribution is -2.27. The van der Waals surface area contributed by atoms with E-state index in [1.54, 1.807) is 25.4 Å². The Balaban J connectivity index is 2.10. The summed E-state index contributed by atoms with van der Waals surface area (Å²) in [7, 11) is 1.72. The van der Waals surface area contributed by atoms with E-state index >= 15 is 0 Å². The topological polar surface area (TPSA) is 72.9 Å². The number of aryl methyl sites for hydroxylation is 1. The highest BCUT2D eigenvalue weighted by Gasteiger charge is 2.16. The van der Waals surface area contributed by atoms with Crippen molar-refractivity contribution in [3.63, 3.8) is 0 Å². The third-order valence-electron chi connectivity index (χ3n) is 2.79. The zero-order valence-electron chi connectivity index (χ0n) is 10.7. The summed E-state index contributed by atoms with van der Waals surface area (Å²) >= 11 is 5.82. The van der Waals surface area contributed by atoms with Gasteiger partial charge in [0.1, 0.15) is 0 Å². The molecule has 0 aliphatic carbocycles. The smallest absolute Gasteiger partial charge is 0.274 e. The van der Waals surface area contributed by atoms with Crippen LogP contribution in [0.5, 0.6) is 0 Å². The van der Waals surface area contributed by atoms with Gasteiger partial charge in [-0.05, 0) is 24.6 Å². The molecule has 0 fully saturated rings. The highest BCUT2D eigenvalue weighted by Crippen LogP contribution is 2.17. The predicted octanol–water partition coefficient (Wildman–Crippen LogP) is 2.15. The monoisotopic (exact) mass is 278 g/mol. The molecule has 1 aromatic heterocycles. The van der Waals surface area contributed by atoms with Crippen LogP contribution >= 0.6 is 11.6 Å². The summed E-state index contributed by atoms with van der Waals surface area (Å²) in [6, 6.07) is 7.17. The summed E-state index contributed by atoms with van der Waals surface area (Å²) in [5, 5.41) is 7.54. The first kappa shape index (κ1) is 13.4. The summed E-state index contributed by atoms with van der Waals surface area (Å²) in [5.41, 5.74) is 7.28. The van der Waals surface area contributed by atoms with Gasteiger partial charge in [-0.1, -0.05) is 23.7 Å². The van der Waals surface area contributed by atoms with E-state index in [-0.39, 0.29) is 17.6 Å². The van der Waals surface area contributed by atoms with Gasteiger partial charge in [-0.3, -0.25) is 9.48 Å². The first-order valence-corrected chi connectivity index (χ1v) is 6.20. The molecule has 0 bridgehead atoms. The van der Waals surface area contributed by atoms with Crippen LogP contribution in [0.3, 0.4) is 0 Å². The summed E-state index contributed by atoms with van der Waals surface area (Å²) in [4.78, 5) is 12.0. The van der Waals surface area contributed by atoms with Crippen LogP contribution in [0.4, 0.5) is 5.69 Å². The molecule has 3 N–H and O–H groups in total. The molecule has 0 saturated heterocycles. The zero-order valence-corrected chi connectivity index (χ0v) is 11.5. The van der Waals surface area contributed by atoms with E-state index in [2.05, 4.69) is 10.4 Å². The minimum absolute atomic E-state index is 0.147. The van der Waals surface area contributed by atoms with Gasteiger partial charge in [0.05, 0.1) is 11.7 Å². The third kappa shape index (κ3) is 3.06. The van der Waals surface area contributed by atoms with Gasteiger partial charge in [0.15, 0.2) is 5.69 Å². The van der Waals surface area contributed by atoms with Crippen molar-refractivity contribution in [3.8, 4) is 0 Å². The Morgan fingerprint density at radius 1 is 1.42 bits per heavy atom. The second-order valence-corrected chi connectivity index (χ2v) is 4.79. The van der Waals surface area contributed by atoms with E-state index in [1.807, 2.05) is 19.1 Å². The lowest BCUT2D eigenvalue weighted by molar-refractivity contribution is 0.0935. The number of rotatable bonds is 3. The molecular weight excluding hydrogens is 264 g/mol. The molecule has 6 heteroatoms. The number of anilines is 1. The van der Waals surface area contributed by atoms with Crippen molar-refractivity contribution in [1.29, 1.82) is 0 Å². The van der Waals surface area contributed by atoms with E-state index in [4.69, 9.17) is 17.3 Å². The Morgan fingerprint density at radius 3 is 2.58 bits per heavy atom. The van der Waals surface area contributed by atoms with Crippen LogP contribution in [-0.2, 0) is 7.05 Å². The average molecular weight is 279 g/mol. The van der Waals surface area contributed by atoms with Crippen molar-refractivity contribution < 1.29 is 4.79 Å². The van der Waals surface area contributed by atoms with Crippen molar-refractivity contribution >= 4 is 23.2 Å². The number of amides is 1. The number of hydrogen-bond donors (Lipinski definition) is 2. The zero-order chi connectivity index (χ0) is 14.0. The number of hydrogen-bond acceptors (Lipinski definition) is 3. The van der Waals surface area contributed by atoms with Crippen LogP contribution in [0.25, 0.3) is 0 Å². The molecule has 1 heterocycles. The van der Waals surface area contributed by atoms with Crippen LogP contribution in [-0.4, -0.2) is 15.7 Å². The molecule has 2 rings (SSSR count). The SMILES string of the molecule is CC(NC(=O)c1nn(C)cc1N)c1ccc(Cl)cc1. The van der Waals surface area contributed by atoms with E-state index < -0.39 is 0 Å². The minimum atomic E-state index is -0.291. The van der Waals surface area contributed by atoms with Gasteiger partial charge >= 0.3 is 0 Å². The second kappa shape index (κ2) is 5.32. The fraction of sp³-hybridized carbons (Fsp3) is 0.231. The van der Waals surface area contributed by atoms with Gasteiger partial charge in [-0.2, -0.15) is 5.10 Å². The molecule has 1 aromatic carbocycles. The van der Waals surface area contributed by atoms with E-state index in [0.29, 0.717) is 10.7 Å². The molecule has 100 valence electrons. The molecule has 1 unspecified atom stereocenters. The molecule has 0 radical (unpaired) electrons. The Kier molecular flexibility index (Phi) is 3.76. The van der Waals surface area contributed by atoms with E-state index in [0.717, 1.165) is 5.56 Å². The number of aromatic nitrogens is 2. The fourth-order valence-corrected chi connectivity index (χ4v) is 1.91. The maximum atomic E-state index is 12.0. The van der Waals surface area contributed by atoms with Crippen molar-refractivity contribution in [2.24, 2.45) is 7.05 Å². The molecule has 2 aromatic rings. The molecule has 1 amide bonds. The Bertz CT molecular complexity index is 591. The van der Waals surface area contributed by atoms with Crippen molar-refractivity contribution in [2.45, 2.75) is 13.0 Å². The molecule has 0 aliphatic rings. The average Bonchev–Trinajstić information content (AvgIpc) is 2.69.